The number of fused-ring (bicyclic) bond motifs is 1. The molecule has 0 amide bonds. The third kappa shape index (κ3) is 1.83. The number of hydrogen-bond acceptors (Lipinski definition) is 2. The fourth-order valence-corrected chi connectivity index (χ4v) is 2.33. The molecule has 3 nitrogen and oxygen atoms in total. The van der Waals surface area contributed by atoms with Gasteiger partial charge in [0.25, 0.3) is 0 Å². The molecule has 0 N–H and O–H groups in total. The van der Waals surface area contributed by atoms with Crippen LogP contribution in [-0.4, -0.2) is 15.8 Å². The maximum absolute atomic E-state index is 10.6. The van der Waals surface area contributed by atoms with E-state index in [2.05, 4.69) is 23.4 Å². The summed E-state index contributed by atoms with van der Waals surface area (Å²) in [6.45, 7) is 5.40. The first kappa shape index (κ1) is 10.4. The fourth-order valence-electron chi connectivity index (χ4n) is 2.33. The van der Waals surface area contributed by atoms with Crippen LogP contribution >= 0.6 is 0 Å². The van der Waals surface area contributed by atoms with Crippen LogP contribution in [0.25, 0.3) is 0 Å². The molecule has 0 unspecified atom stereocenters. The second-order valence-corrected chi connectivity index (χ2v) is 4.50. The van der Waals surface area contributed by atoms with Crippen LogP contribution < -0.4 is 0 Å². The molecular formula is C12H18N2O. The minimum atomic E-state index is 0.447. The summed E-state index contributed by atoms with van der Waals surface area (Å²) >= 11 is 0. The van der Waals surface area contributed by atoms with Crippen molar-refractivity contribution < 1.29 is 4.79 Å². The molecule has 1 aliphatic heterocycles. The molecule has 0 atom stereocenters. The lowest BCUT2D eigenvalue weighted by atomic mass is 10.1. The van der Waals surface area contributed by atoms with Crippen LogP contribution in [0.15, 0.2) is 0 Å². The van der Waals surface area contributed by atoms with Crippen LogP contribution in [0.1, 0.15) is 49.8 Å². The van der Waals surface area contributed by atoms with Gasteiger partial charge < -0.3 is 9.36 Å². The predicted octanol–water partition coefficient (Wildman–Crippen LogP) is 2.08. The van der Waals surface area contributed by atoms with Gasteiger partial charge in [-0.2, -0.15) is 0 Å². The molecule has 0 radical (unpaired) electrons. The van der Waals surface area contributed by atoms with Gasteiger partial charge in [-0.05, 0) is 19.3 Å². The lowest BCUT2D eigenvalue weighted by Crippen LogP contribution is -2.14. The van der Waals surface area contributed by atoms with Crippen molar-refractivity contribution in [1.82, 2.24) is 9.55 Å². The Hall–Kier alpha value is -1.12. The average Bonchev–Trinajstić information content (AvgIpc) is 2.59. The Bertz CT molecular complexity index is 366. The summed E-state index contributed by atoms with van der Waals surface area (Å²) in [5.41, 5.74) is 2.31. The molecule has 0 spiro atoms. The number of carbonyl (C=O) groups excluding carboxylic acids is 1. The Kier molecular flexibility index (Phi) is 2.89. The third-order valence-electron chi connectivity index (χ3n) is 3.02. The van der Waals surface area contributed by atoms with Gasteiger partial charge in [0.2, 0.25) is 0 Å². The average molecular weight is 206 g/mol. The van der Waals surface area contributed by atoms with Gasteiger partial charge in [-0.3, -0.25) is 0 Å². The zero-order chi connectivity index (χ0) is 10.8. The van der Waals surface area contributed by atoms with E-state index in [4.69, 9.17) is 0 Å². The first-order chi connectivity index (χ1) is 7.24. The van der Waals surface area contributed by atoms with Crippen molar-refractivity contribution in [3.8, 4) is 0 Å². The number of hydrogen-bond donors (Lipinski definition) is 0. The van der Waals surface area contributed by atoms with E-state index in [-0.39, 0.29) is 0 Å². The monoisotopic (exact) mass is 206 g/mol. The number of imidazole rings is 1. The number of nitrogens with zero attached hydrogens (tertiary/aromatic N) is 2. The SMILES string of the molecule is CC(C)c1nc(CC=O)c2n1CCCC2. The van der Waals surface area contributed by atoms with Gasteiger partial charge in [-0.25, -0.2) is 4.98 Å². The van der Waals surface area contributed by atoms with Crippen LogP contribution in [-0.2, 0) is 24.2 Å². The molecule has 0 bridgehead atoms. The van der Waals surface area contributed by atoms with Gasteiger partial charge in [0.05, 0.1) is 5.69 Å². The summed E-state index contributed by atoms with van der Waals surface area (Å²) in [6.07, 6.45) is 4.99. The van der Waals surface area contributed by atoms with E-state index in [1.807, 2.05) is 0 Å². The van der Waals surface area contributed by atoms with Crippen molar-refractivity contribution in [2.75, 3.05) is 0 Å². The van der Waals surface area contributed by atoms with E-state index in [9.17, 15) is 4.79 Å². The van der Waals surface area contributed by atoms with Crippen LogP contribution in [0.3, 0.4) is 0 Å². The topological polar surface area (TPSA) is 34.9 Å². The van der Waals surface area contributed by atoms with Crippen LogP contribution in [0, 0.1) is 0 Å². The molecule has 82 valence electrons. The quantitative estimate of drug-likeness (QED) is 0.710. The van der Waals surface area contributed by atoms with Gasteiger partial charge in [-0.15, -0.1) is 0 Å². The molecule has 0 fully saturated rings. The molecule has 15 heavy (non-hydrogen) atoms. The highest BCUT2D eigenvalue weighted by Gasteiger charge is 2.20. The van der Waals surface area contributed by atoms with Crippen molar-refractivity contribution >= 4 is 6.29 Å². The lowest BCUT2D eigenvalue weighted by Gasteiger charge is -2.18. The lowest BCUT2D eigenvalue weighted by molar-refractivity contribution is -0.107. The van der Waals surface area contributed by atoms with E-state index in [0.29, 0.717) is 12.3 Å². The van der Waals surface area contributed by atoms with Crippen molar-refractivity contribution in [1.29, 1.82) is 0 Å². The number of rotatable bonds is 3. The van der Waals surface area contributed by atoms with Gasteiger partial charge in [0.1, 0.15) is 12.1 Å². The van der Waals surface area contributed by atoms with Crippen molar-refractivity contribution in [2.24, 2.45) is 0 Å². The van der Waals surface area contributed by atoms with Gasteiger partial charge in [-0.1, -0.05) is 13.8 Å². The summed E-state index contributed by atoms with van der Waals surface area (Å²) in [6, 6.07) is 0. The first-order valence-electron chi connectivity index (χ1n) is 5.76. The Morgan fingerprint density at radius 2 is 2.27 bits per heavy atom. The number of aromatic nitrogens is 2. The van der Waals surface area contributed by atoms with E-state index in [1.165, 1.54) is 18.5 Å². The largest absolute Gasteiger partial charge is 0.332 e. The zero-order valence-corrected chi connectivity index (χ0v) is 9.49. The summed E-state index contributed by atoms with van der Waals surface area (Å²) < 4.78 is 2.33. The second-order valence-electron chi connectivity index (χ2n) is 4.50. The van der Waals surface area contributed by atoms with E-state index >= 15 is 0 Å². The van der Waals surface area contributed by atoms with Crippen LogP contribution in [0.5, 0.6) is 0 Å². The van der Waals surface area contributed by atoms with Crippen LogP contribution in [0.2, 0.25) is 0 Å². The molecular weight excluding hydrogens is 188 g/mol. The standard InChI is InChI=1S/C12H18N2O/c1-9(2)12-13-10(6-8-15)11-5-3-4-7-14(11)12/h8-9H,3-7H2,1-2H3. The third-order valence-corrected chi connectivity index (χ3v) is 3.02. The summed E-state index contributed by atoms with van der Waals surface area (Å²) in [7, 11) is 0. The van der Waals surface area contributed by atoms with Crippen molar-refractivity contribution in [3.63, 3.8) is 0 Å². The summed E-state index contributed by atoms with van der Waals surface area (Å²) in [5, 5.41) is 0. The van der Waals surface area contributed by atoms with Crippen molar-refractivity contribution in [2.45, 2.75) is 52.0 Å². The molecule has 0 saturated heterocycles. The highest BCUT2D eigenvalue weighted by atomic mass is 16.1. The van der Waals surface area contributed by atoms with Gasteiger partial charge >= 0.3 is 0 Å². The Labute approximate surface area is 90.5 Å². The fraction of sp³-hybridized carbons (Fsp3) is 0.667. The maximum Gasteiger partial charge on any atom is 0.126 e. The summed E-state index contributed by atoms with van der Waals surface area (Å²) in [4.78, 5) is 15.2. The minimum absolute atomic E-state index is 0.447. The number of aldehydes is 1. The second kappa shape index (κ2) is 4.17. The normalized spacial score (nSPS) is 15.4. The van der Waals surface area contributed by atoms with E-state index in [0.717, 1.165) is 30.8 Å². The van der Waals surface area contributed by atoms with Gasteiger partial charge in [0, 0.05) is 24.6 Å². The molecule has 1 aromatic heterocycles. The molecule has 3 heteroatoms. The molecule has 2 rings (SSSR count). The molecule has 0 aliphatic carbocycles. The predicted molar refractivity (Wildman–Crippen MR) is 59.0 cm³/mol. The zero-order valence-electron chi connectivity index (χ0n) is 9.49. The van der Waals surface area contributed by atoms with Crippen molar-refractivity contribution in [3.05, 3.63) is 17.2 Å². The van der Waals surface area contributed by atoms with E-state index in [1.54, 1.807) is 0 Å². The molecule has 1 aliphatic rings. The molecule has 0 aromatic carbocycles. The van der Waals surface area contributed by atoms with E-state index < -0.39 is 0 Å². The molecule has 1 aromatic rings. The highest BCUT2D eigenvalue weighted by Crippen LogP contribution is 2.25. The Morgan fingerprint density at radius 1 is 1.47 bits per heavy atom. The smallest absolute Gasteiger partial charge is 0.126 e. The highest BCUT2D eigenvalue weighted by molar-refractivity contribution is 5.54. The molecule has 0 saturated carbocycles. The first-order valence-corrected chi connectivity index (χ1v) is 5.76. The number of carbonyl (C=O) groups is 1. The molecule has 2 heterocycles. The van der Waals surface area contributed by atoms with Crippen LogP contribution in [0.4, 0.5) is 0 Å². The minimum Gasteiger partial charge on any atom is -0.332 e. The Balaban J connectivity index is 2.44. The van der Waals surface area contributed by atoms with Gasteiger partial charge in [0.15, 0.2) is 0 Å². The maximum atomic E-state index is 10.6. The summed E-state index contributed by atoms with van der Waals surface area (Å²) in [5.74, 6) is 1.60. The Morgan fingerprint density at radius 3 is 2.93 bits per heavy atom.